The summed E-state index contributed by atoms with van der Waals surface area (Å²) >= 11 is 12.5. The van der Waals surface area contributed by atoms with Crippen LogP contribution in [0.15, 0.2) is 48.8 Å². The average Bonchev–Trinajstić information content (AvgIpc) is 3.29. The molecule has 2 aromatic carbocycles. The molecular formula is C25H21Cl2FN2O3. The van der Waals surface area contributed by atoms with Crippen LogP contribution in [0.3, 0.4) is 0 Å². The third kappa shape index (κ3) is 5.18. The molecule has 0 radical (unpaired) electrons. The van der Waals surface area contributed by atoms with Crippen molar-refractivity contribution in [2.24, 2.45) is 0 Å². The molecule has 4 rings (SSSR count). The van der Waals surface area contributed by atoms with E-state index < -0.39 is 11.8 Å². The maximum Gasteiger partial charge on any atom is 0.358 e. The van der Waals surface area contributed by atoms with Crippen LogP contribution in [0.5, 0.6) is 5.75 Å². The Morgan fingerprint density at radius 1 is 1.12 bits per heavy atom. The van der Waals surface area contributed by atoms with Crippen molar-refractivity contribution in [3.8, 4) is 5.75 Å². The van der Waals surface area contributed by atoms with E-state index in [1.54, 1.807) is 37.4 Å². The smallest absolute Gasteiger partial charge is 0.358 e. The number of hydrogen-bond donors (Lipinski definition) is 0. The number of benzene rings is 2. The first kappa shape index (κ1) is 23.2. The summed E-state index contributed by atoms with van der Waals surface area (Å²) in [6.45, 7) is 1.97. The standard InChI is InChI=1S/C25H21Cl2FN2O3/c1-2-32-25(31)23-13-29-12-22(30-23)17-6-3-5-16(17)18-11-15(26)9-10-24(18)33-14-19-20(27)7-4-8-21(19)28/h4,7-13H,2-3,5-6,14H2,1H3. The summed E-state index contributed by atoms with van der Waals surface area (Å²) in [5.74, 6) is -0.381. The Labute approximate surface area is 201 Å². The van der Waals surface area contributed by atoms with Gasteiger partial charge >= 0.3 is 5.97 Å². The summed E-state index contributed by atoms with van der Waals surface area (Å²) < 4.78 is 25.3. The van der Waals surface area contributed by atoms with E-state index in [1.807, 2.05) is 6.07 Å². The Hall–Kier alpha value is -2.96. The van der Waals surface area contributed by atoms with E-state index >= 15 is 0 Å². The predicted octanol–water partition coefficient (Wildman–Crippen LogP) is 6.77. The third-order valence-electron chi connectivity index (χ3n) is 5.35. The van der Waals surface area contributed by atoms with Crippen LogP contribution in [0.2, 0.25) is 10.0 Å². The second-order valence-electron chi connectivity index (χ2n) is 7.45. The fourth-order valence-corrected chi connectivity index (χ4v) is 4.21. The first-order valence-corrected chi connectivity index (χ1v) is 11.3. The number of allylic oxidation sites excluding steroid dienone is 2. The molecule has 0 spiro atoms. The van der Waals surface area contributed by atoms with Gasteiger partial charge < -0.3 is 9.47 Å². The van der Waals surface area contributed by atoms with Crippen molar-refractivity contribution < 1.29 is 18.7 Å². The number of hydrogen-bond acceptors (Lipinski definition) is 5. The lowest BCUT2D eigenvalue weighted by Gasteiger charge is -2.15. The van der Waals surface area contributed by atoms with Crippen LogP contribution in [0.1, 0.15) is 53.5 Å². The second-order valence-corrected chi connectivity index (χ2v) is 8.29. The van der Waals surface area contributed by atoms with Crippen molar-refractivity contribution in [2.45, 2.75) is 32.8 Å². The summed E-state index contributed by atoms with van der Waals surface area (Å²) in [6.07, 6.45) is 5.47. The van der Waals surface area contributed by atoms with Crippen molar-refractivity contribution in [1.82, 2.24) is 9.97 Å². The SMILES string of the molecule is CCOC(=O)c1cncc(C2=C(c3cc(Cl)ccc3OCc3c(F)cccc3Cl)CCC2)n1. The Balaban J connectivity index is 1.71. The van der Waals surface area contributed by atoms with Crippen molar-refractivity contribution >= 4 is 40.3 Å². The van der Waals surface area contributed by atoms with Gasteiger partial charge in [-0.25, -0.2) is 14.2 Å². The molecule has 8 heteroatoms. The van der Waals surface area contributed by atoms with Crippen LogP contribution < -0.4 is 4.74 Å². The molecule has 3 aromatic rings. The molecule has 0 bridgehead atoms. The van der Waals surface area contributed by atoms with Gasteiger partial charge in [-0.15, -0.1) is 0 Å². The topological polar surface area (TPSA) is 61.3 Å². The molecule has 0 aliphatic heterocycles. The van der Waals surface area contributed by atoms with Gasteiger partial charge in [0.2, 0.25) is 0 Å². The molecule has 0 fully saturated rings. The largest absolute Gasteiger partial charge is 0.488 e. The minimum absolute atomic E-state index is 0.0269. The van der Waals surface area contributed by atoms with Gasteiger partial charge in [0.05, 0.1) is 29.7 Å². The Bertz CT molecular complexity index is 1210. The Morgan fingerprint density at radius 2 is 1.94 bits per heavy atom. The minimum Gasteiger partial charge on any atom is -0.488 e. The fraction of sp³-hybridized carbons (Fsp3) is 0.240. The molecule has 0 atom stereocenters. The minimum atomic E-state index is -0.513. The summed E-state index contributed by atoms with van der Waals surface area (Å²) in [4.78, 5) is 20.8. The number of carbonyl (C=O) groups is 1. The van der Waals surface area contributed by atoms with E-state index in [4.69, 9.17) is 32.7 Å². The van der Waals surface area contributed by atoms with E-state index in [1.165, 1.54) is 12.3 Å². The third-order valence-corrected chi connectivity index (χ3v) is 5.94. The zero-order chi connectivity index (χ0) is 23.4. The fourth-order valence-electron chi connectivity index (χ4n) is 3.82. The molecule has 1 aliphatic rings. The lowest BCUT2D eigenvalue weighted by molar-refractivity contribution is 0.0519. The number of esters is 1. The van der Waals surface area contributed by atoms with Crippen molar-refractivity contribution in [2.75, 3.05) is 6.61 Å². The summed E-state index contributed by atoms with van der Waals surface area (Å²) in [7, 11) is 0. The van der Waals surface area contributed by atoms with Crippen LogP contribution in [0.4, 0.5) is 4.39 Å². The number of aromatic nitrogens is 2. The maximum atomic E-state index is 14.2. The predicted molar refractivity (Wildman–Crippen MR) is 126 cm³/mol. The van der Waals surface area contributed by atoms with E-state index in [0.29, 0.717) is 21.5 Å². The molecule has 170 valence electrons. The number of nitrogens with zero attached hydrogens (tertiary/aromatic N) is 2. The molecule has 1 aliphatic carbocycles. The van der Waals surface area contributed by atoms with Gasteiger partial charge in [-0.1, -0.05) is 29.3 Å². The van der Waals surface area contributed by atoms with Crippen LogP contribution in [0.25, 0.3) is 11.1 Å². The summed E-state index contributed by atoms with van der Waals surface area (Å²) in [5, 5.41) is 0.851. The number of halogens is 3. The lowest BCUT2D eigenvalue weighted by Crippen LogP contribution is -2.09. The molecular weight excluding hydrogens is 466 g/mol. The van der Waals surface area contributed by atoms with Crippen LogP contribution in [-0.2, 0) is 11.3 Å². The normalized spacial score (nSPS) is 13.3. The molecule has 0 saturated carbocycles. The zero-order valence-electron chi connectivity index (χ0n) is 17.9. The lowest BCUT2D eigenvalue weighted by atomic mass is 9.99. The molecule has 1 heterocycles. The first-order valence-electron chi connectivity index (χ1n) is 10.5. The molecule has 0 unspecified atom stereocenters. The van der Waals surface area contributed by atoms with Crippen molar-refractivity contribution in [3.05, 3.63) is 87.2 Å². The van der Waals surface area contributed by atoms with E-state index in [-0.39, 0.29) is 24.5 Å². The molecule has 0 N–H and O–H groups in total. The monoisotopic (exact) mass is 486 g/mol. The van der Waals surface area contributed by atoms with Gasteiger partial charge in [0.25, 0.3) is 0 Å². The Kier molecular flexibility index (Phi) is 7.26. The number of ether oxygens (including phenoxy) is 2. The van der Waals surface area contributed by atoms with Gasteiger partial charge in [0.1, 0.15) is 18.2 Å². The highest BCUT2D eigenvalue weighted by Gasteiger charge is 2.23. The second kappa shape index (κ2) is 10.3. The molecule has 1 aromatic heterocycles. The molecule has 5 nitrogen and oxygen atoms in total. The van der Waals surface area contributed by atoms with Gasteiger partial charge in [0.15, 0.2) is 5.69 Å². The van der Waals surface area contributed by atoms with Gasteiger partial charge in [-0.3, -0.25) is 4.98 Å². The van der Waals surface area contributed by atoms with Crippen molar-refractivity contribution in [3.63, 3.8) is 0 Å². The van der Waals surface area contributed by atoms with Gasteiger partial charge in [-0.2, -0.15) is 0 Å². The first-order chi connectivity index (χ1) is 16.0. The van der Waals surface area contributed by atoms with E-state index in [9.17, 15) is 9.18 Å². The summed E-state index contributed by atoms with van der Waals surface area (Å²) in [6, 6.07) is 9.83. The highest BCUT2D eigenvalue weighted by Crippen LogP contribution is 2.43. The van der Waals surface area contributed by atoms with Crippen molar-refractivity contribution in [1.29, 1.82) is 0 Å². The quantitative estimate of drug-likeness (QED) is 0.344. The van der Waals surface area contributed by atoms with Gasteiger partial charge in [-0.05, 0) is 67.7 Å². The molecule has 33 heavy (non-hydrogen) atoms. The van der Waals surface area contributed by atoms with Crippen LogP contribution >= 0.6 is 23.2 Å². The zero-order valence-corrected chi connectivity index (χ0v) is 19.4. The highest BCUT2D eigenvalue weighted by atomic mass is 35.5. The van der Waals surface area contributed by atoms with Crippen LogP contribution in [0, 0.1) is 5.82 Å². The summed E-state index contributed by atoms with van der Waals surface area (Å²) in [5.41, 5.74) is 3.81. The number of rotatable bonds is 7. The average molecular weight is 487 g/mol. The van der Waals surface area contributed by atoms with E-state index in [2.05, 4.69) is 9.97 Å². The maximum absolute atomic E-state index is 14.2. The van der Waals surface area contributed by atoms with Crippen LogP contribution in [-0.4, -0.2) is 22.5 Å². The number of carbonyl (C=O) groups excluding carboxylic acids is 1. The Morgan fingerprint density at radius 3 is 2.73 bits per heavy atom. The van der Waals surface area contributed by atoms with Gasteiger partial charge in [0, 0.05) is 16.1 Å². The highest BCUT2D eigenvalue weighted by molar-refractivity contribution is 6.31. The molecule has 0 amide bonds. The molecule has 0 saturated heterocycles. The van der Waals surface area contributed by atoms with E-state index in [0.717, 1.165) is 36.0 Å².